The molecule has 2 aromatic heterocycles. The lowest BCUT2D eigenvalue weighted by Crippen LogP contribution is -2.60. The van der Waals surface area contributed by atoms with Crippen LogP contribution in [0.5, 0.6) is 0 Å². The summed E-state index contributed by atoms with van der Waals surface area (Å²) in [6.07, 6.45) is 1.53. The fourth-order valence-electron chi connectivity index (χ4n) is 5.58. The molecule has 1 aliphatic rings. The number of rotatable bonds is 8. The lowest BCUT2D eigenvalue weighted by molar-refractivity contribution is -0.134. The molecule has 0 saturated carbocycles. The van der Waals surface area contributed by atoms with Crippen molar-refractivity contribution in [3.8, 4) is 0 Å². The van der Waals surface area contributed by atoms with Crippen LogP contribution in [0.15, 0.2) is 60.9 Å². The Balaban J connectivity index is 1.31. The highest BCUT2D eigenvalue weighted by atomic mass is 16.2. The van der Waals surface area contributed by atoms with Crippen LogP contribution in [0.3, 0.4) is 0 Å². The zero-order valence-corrected chi connectivity index (χ0v) is 32.6. The Hall–Kier alpha value is -8.22. The van der Waals surface area contributed by atoms with Gasteiger partial charge in [0.25, 0.3) is 11.8 Å². The minimum absolute atomic E-state index is 0.126. The fourth-order valence-corrected chi connectivity index (χ4v) is 5.58. The van der Waals surface area contributed by atoms with E-state index in [9.17, 15) is 47.9 Å². The third kappa shape index (κ3) is 12.6. The number of benzene rings is 2. The number of carbonyl (C=O) groups is 10. The summed E-state index contributed by atoms with van der Waals surface area (Å²) in [5.74, 6) is -9.69. The smallest absolute Gasteiger partial charge is 0.271 e. The van der Waals surface area contributed by atoms with Crippen molar-refractivity contribution in [1.82, 2.24) is 67.8 Å². The van der Waals surface area contributed by atoms with Crippen LogP contribution in [0.1, 0.15) is 27.4 Å². The van der Waals surface area contributed by atoms with Crippen molar-refractivity contribution in [2.75, 3.05) is 39.3 Å². The van der Waals surface area contributed by atoms with Crippen LogP contribution in [0.2, 0.25) is 0 Å². The summed E-state index contributed by atoms with van der Waals surface area (Å²) in [7, 11) is 0. The number of nitrogens with two attached hydrogens (primary N) is 2. The van der Waals surface area contributed by atoms with Crippen molar-refractivity contribution in [2.45, 2.75) is 30.6 Å². The quantitative estimate of drug-likeness (QED) is 0.0786. The molecular weight excluding hydrogens is 815 g/mol. The molecule has 3 unspecified atom stereocenters. The predicted octanol–water partition coefficient (Wildman–Crippen LogP) is -6.13. The van der Waals surface area contributed by atoms with E-state index in [1.54, 1.807) is 48.5 Å². The van der Waals surface area contributed by atoms with Crippen LogP contribution in [-0.2, 0) is 38.4 Å². The minimum atomic E-state index is -1.75. The van der Waals surface area contributed by atoms with Gasteiger partial charge in [0.15, 0.2) is 0 Å². The molecule has 4 atom stereocenters. The van der Waals surface area contributed by atoms with Crippen LogP contribution in [0.25, 0.3) is 22.1 Å². The zero-order valence-electron chi connectivity index (χ0n) is 32.6. The Labute approximate surface area is 350 Å². The molecule has 13 N–H and O–H groups in total. The summed E-state index contributed by atoms with van der Waals surface area (Å²) in [5, 5.41) is 20.8. The Bertz CT molecular complexity index is 2410. The second-order valence-corrected chi connectivity index (χ2v) is 13.4. The van der Waals surface area contributed by atoms with Gasteiger partial charge in [0.2, 0.25) is 47.3 Å². The molecule has 25 nitrogen and oxygen atoms in total. The molecule has 4 aromatic rings. The maximum absolute atomic E-state index is 13.5. The number of carbonyl (C=O) groups excluding carboxylic acids is 10. The van der Waals surface area contributed by atoms with E-state index in [-0.39, 0.29) is 11.4 Å². The Morgan fingerprint density at radius 2 is 1.02 bits per heavy atom. The third-order valence-electron chi connectivity index (χ3n) is 8.83. The van der Waals surface area contributed by atoms with E-state index in [0.29, 0.717) is 22.1 Å². The third-order valence-corrected chi connectivity index (χ3v) is 8.83. The van der Waals surface area contributed by atoms with Crippen molar-refractivity contribution in [3.63, 3.8) is 0 Å². The van der Waals surface area contributed by atoms with Gasteiger partial charge < -0.3 is 59.3 Å². The summed E-state index contributed by atoms with van der Waals surface area (Å²) in [5.41, 5.74) is 12.8. The molecule has 10 amide bonds. The van der Waals surface area contributed by atoms with Gasteiger partial charge in [-0.1, -0.05) is 24.3 Å². The zero-order chi connectivity index (χ0) is 44.8. The topological polar surface area (TPSA) is 383 Å². The van der Waals surface area contributed by atoms with Gasteiger partial charge >= 0.3 is 0 Å². The first-order chi connectivity index (χ1) is 29.7. The molecule has 25 heteroatoms. The monoisotopic (exact) mass is 855 g/mol. The van der Waals surface area contributed by atoms with Gasteiger partial charge in [0.1, 0.15) is 35.6 Å². The number of hydrogen-bond donors (Lipinski definition) is 11. The van der Waals surface area contributed by atoms with Crippen molar-refractivity contribution in [2.24, 2.45) is 11.5 Å². The number of primary amides is 1. The van der Waals surface area contributed by atoms with E-state index < -0.39 is 129 Å². The maximum atomic E-state index is 13.5. The summed E-state index contributed by atoms with van der Waals surface area (Å²) >= 11 is 0. The van der Waals surface area contributed by atoms with Gasteiger partial charge in [0, 0.05) is 19.6 Å². The maximum Gasteiger partial charge on any atom is 0.271 e. The number of amides is 10. The Morgan fingerprint density at radius 3 is 1.53 bits per heavy atom. The summed E-state index contributed by atoms with van der Waals surface area (Å²) in [4.78, 5) is 147. The van der Waals surface area contributed by atoms with Gasteiger partial charge in [-0.3, -0.25) is 57.9 Å². The highest BCUT2D eigenvalue weighted by Crippen LogP contribution is 2.10. The van der Waals surface area contributed by atoms with Crippen molar-refractivity contribution < 1.29 is 47.9 Å². The van der Waals surface area contributed by atoms with E-state index in [2.05, 4.69) is 67.8 Å². The summed E-state index contributed by atoms with van der Waals surface area (Å²) < 4.78 is 0. The van der Waals surface area contributed by atoms with E-state index in [1.807, 2.05) is 0 Å². The highest BCUT2D eigenvalue weighted by Gasteiger charge is 2.31. The molecule has 3 heterocycles. The molecule has 1 aliphatic heterocycles. The van der Waals surface area contributed by atoms with E-state index in [4.69, 9.17) is 11.5 Å². The molecule has 1 saturated heterocycles. The van der Waals surface area contributed by atoms with E-state index in [0.717, 1.165) is 0 Å². The molecule has 5 rings (SSSR count). The van der Waals surface area contributed by atoms with Gasteiger partial charge in [-0.15, -0.1) is 0 Å². The average molecular weight is 856 g/mol. The van der Waals surface area contributed by atoms with Crippen LogP contribution in [0.4, 0.5) is 0 Å². The average Bonchev–Trinajstić information content (AvgIpc) is 3.27. The minimum Gasteiger partial charge on any atom is -0.368 e. The standard InChI is InChI=1S/C37H41N15O10/c38-10-23-36(61)52-26(13-44-33(58)24-11-40-18-5-1-3-7-20(18)47-24)35(60)46-16-30(55)42-15-29(54)43-17-31(56)50-27(37(62)51-22(32(39)57)9-28(53)49-23)14-45-34(59)25-12-41-19-6-2-4-8-21(19)48-25/h1-8,11-12,22-23,26-27H,9-10,13-17,38H2,(H2,39,57)(H,42,55)(H,43,54)(H,44,58)(H,45,59)(H,46,60)(H,49,53)(H,50,56)(H,51,62)(H,52,61)/t22-,23?,26?,27?/m0/s1. The van der Waals surface area contributed by atoms with Gasteiger partial charge in [0.05, 0.1) is 60.5 Å². The normalized spacial score (nSPS) is 20.0. The second kappa shape index (κ2) is 21.2. The molecule has 0 spiro atoms. The Morgan fingerprint density at radius 1 is 0.565 bits per heavy atom. The number of nitrogens with one attached hydrogen (secondary N) is 9. The number of hydrogen-bond acceptors (Lipinski definition) is 15. The highest BCUT2D eigenvalue weighted by molar-refractivity contribution is 5.99. The van der Waals surface area contributed by atoms with Crippen molar-refractivity contribution >= 4 is 81.1 Å². The Kier molecular flexibility index (Phi) is 15.3. The largest absolute Gasteiger partial charge is 0.368 e. The number of nitrogens with zero attached hydrogens (tertiary/aromatic N) is 4. The van der Waals surface area contributed by atoms with Crippen LogP contribution >= 0.6 is 0 Å². The summed E-state index contributed by atoms with van der Waals surface area (Å²) in [6.45, 7) is -3.87. The first kappa shape index (κ1) is 44.9. The van der Waals surface area contributed by atoms with E-state index >= 15 is 0 Å². The SMILES string of the molecule is NCC1NC(=O)C[C@@H](C(N)=O)NC(=O)C(CNC(=O)c2cnc3ccccc3n2)NC(=O)CNC(=O)CNC(=O)CNC(=O)C(CNC(=O)c2cnc3ccccc3n2)NC1=O. The summed E-state index contributed by atoms with van der Waals surface area (Å²) in [6, 6.07) is 6.87. The number of aromatic nitrogens is 4. The molecule has 62 heavy (non-hydrogen) atoms. The molecular formula is C37H41N15O10. The van der Waals surface area contributed by atoms with Gasteiger partial charge in [-0.2, -0.15) is 0 Å². The van der Waals surface area contributed by atoms with Crippen LogP contribution in [-0.4, -0.2) is 142 Å². The first-order valence-electron chi connectivity index (χ1n) is 18.7. The predicted molar refractivity (Wildman–Crippen MR) is 213 cm³/mol. The molecule has 324 valence electrons. The van der Waals surface area contributed by atoms with Gasteiger partial charge in [-0.05, 0) is 24.3 Å². The van der Waals surface area contributed by atoms with Crippen molar-refractivity contribution in [3.05, 3.63) is 72.3 Å². The first-order valence-corrected chi connectivity index (χ1v) is 18.7. The molecule has 1 fully saturated rings. The molecule has 2 aromatic carbocycles. The fraction of sp³-hybridized carbons (Fsp3) is 0.297. The lowest BCUT2D eigenvalue weighted by Gasteiger charge is -2.24. The molecule has 0 bridgehead atoms. The van der Waals surface area contributed by atoms with Gasteiger partial charge in [-0.25, -0.2) is 9.97 Å². The number of para-hydroxylation sites is 4. The molecule has 0 aliphatic carbocycles. The lowest BCUT2D eigenvalue weighted by atomic mass is 10.1. The number of fused-ring (bicyclic) bond motifs is 2. The van der Waals surface area contributed by atoms with Crippen molar-refractivity contribution in [1.29, 1.82) is 0 Å². The molecule has 0 radical (unpaired) electrons. The van der Waals surface area contributed by atoms with E-state index in [1.165, 1.54) is 12.4 Å². The second-order valence-electron chi connectivity index (χ2n) is 13.4. The van der Waals surface area contributed by atoms with Crippen LogP contribution < -0.4 is 59.3 Å². The van der Waals surface area contributed by atoms with Crippen LogP contribution in [0, 0.1) is 0 Å².